The average molecular weight is 226 g/mol. The van der Waals surface area contributed by atoms with Crippen LogP contribution in [-0.4, -0.2) is 45.4 Å². The van der Waals surface area contributed by atoms with Crippen molar-refractivity contribution >= 4 is 6.09 Å². The number of carbonyl (C=O) groups is 1. The van der Waals surface area contributed by atoms with Crippen molar-refractivity contribution in [1.82, 2.24) is 20.3 Å². The summed E-state index contributed by atoms with van der Waals surface area (Å²) < 4.78 is 6.63. The molecule has 16 heavy (non-hydrogen) atoms. The highest BCUT2D eigenvalue weighted by molar-refractivity contribution is 5.69. The van der Waals surface area contributed by atoms with E-state index >= 15 is 0 Å². The number of cyclic esters (lactones) is 1. The van der Waals surface area contributed by atoms with Gasteiger partial charge < -0.3 is 15.2 Å². The predicted molar refractivity (Wildman–Crippen MR) is 53.7 cm³/mol. The summed E-state index contributed by atoms with van der Waals surface area (Å²) in [5.41, 5.74) is 0.839. The second-order valence-electron chi connectivity index (χ2n) is 3.67. The van der Waals surface area contributed by atoms with Crippen LogP contribution in [0.5, 0.6) is 0 Å². The quantitative estimate of drug-likeness (QED) is 0.693. The summed E-state index contributed by atoms with van der Waals surface area (Å²) in [6, 6.07) is 0. The monoisotopic (exact) mass is 226 g/mol. The summed E-state index contributed by atoms with van der Waals surface area (Å²) in [4.78, 5) is 10.8. The van der Waals surface area contributed by atoms with E-state index in [1.54, 1.807) is 4.68 Å². The molecular weight excluding hydrogens is 212 g/mol. The van der Waals surface area contributed by atoms with E-state index < -0.39 is 0 Å². The SMILES string of the molecule is O=C1NCC(Cn2cc(CCCO)nn2)O1. The molecule has 0 saturated carbocycles. The summed E-state index contributed by atoms with van der Waals surface area (Å²) in [6.07, 6.45) is 2.63. The molecule has 2 rings (SSSR count). The van der Waals surface area contributed by atoms with Crippen LogP contribution in [0.25, 0.3) is 0 Å². The third-order valence-electron chi connectivity index (χ3n) is 2.32. The lowest BCUT2D eigenvalue weighted by Crippen LogP contribution is -2.20. The van der Waals surface area contributed by atoms with E-state index in [-0.39, 0.29) is 18.8 Å². The van der Waals surface area contributed by atoms with Gasteiger partial charge in [0.05, 0.1) is 18.8 Å². The molecule has 0 radical (unpaired) electrons. The number of carbonyl (C=O) groups excluding carboxylic acids is 1. The number of nitrogens with zero attached hydrogens (tertiary/aromatic N) is 3. The molecule has 7 nitrogen and oxygen atoms in total. The number of rotatable bonds is 5. The number of aromatic nitrogens is 3. The van der Waals surface area contributed by atoms with Gasteiger partial charge in [0.2, 0.25) is 0 Å². The van der Waals surface area contributed by atoms with Crippen molar-refractivity contribution in [3.8, 4) is 0 Å². The number of nitrogens with one attached hydrogen (secondary N) is 1. The Morgan fingerprint density at radius 3 is 3.25 bits per heavy atom. The number of ether oxygens (including phenoxy) is 1. The van der Waals surface area contributed by atoms with Gasteiger partial charge in [-0.3, -0.25) is 0 Å². The molecule has 1 aromatic rings. The normalized spacial score (nSPS) is 19.6. The van der Waals surface area contributed by atoms with Crippen LogP contribution in [0, 0.1) is 0 Å². The molecule has 1 saturated heterocycles. The van der Waals surface area contributed by atoms with Gasteiger partial charge in [-0.25, -0.2) is 9.48 Å². The van der Waals surface area contributed by atoms with Crippen LogP contribution in [-0.2, 0) is 17.7 Å². The molecule has 0 spiro atoms. The minimum Gasteiger partial charge on any atom is -0.442 e. The van der Waals surface area contributed by atoms with Crippen molar-refractivity contribution in [3.05, 3.63) is 11.9 Å². The fourth-order valence-electron chi connectivity index (χ4n) is 1.54. The zero-order valence-corrected chi connectivity index (χ0v) is 8.80. The van der Waals surface area contributed by atoms with E-state index in [1.807, 2.05) is 6.20 Å². The Balaban J connectivity index is 1.85. The second-order valence-corrected chi connectivity index (χ2v) is 3.67. The fraction of sp³-hybridized carbons (Fsp3) is 0.667. The van der Waals surface area contributed by atoms with Crippen molar-refractivity contribution in [2.45, 2.75) is 25.5 Å². The van der Waals surface area contributed by atoms with Gasteiger partial charge in [-0.1, -0.05) is 5.21 Å². The minimum absolute atomic E-state index is 0.150. The van der Waals surface area contributed by atoms with E-state index in [4.69, 9.17) is 9.84 Å². The number of hydrogen-bond acceptors (Lipinski definition) is 5. The van der Waals surface area contributed by atoms with Crippen LogP contribution in [0.15, 0.2) is 6.20 Å². The minimum atomic E-state index is -0.384. The highest BCUT2D eigenvalue weighted by Gasteiger charge is 2.23. The number of amides is 1. The zero-order chi connectivity index (χ0) is 11.4. The van der Waals surface area contributed by atoms with Crippen LogP contribution in [0.3, 0.4) is 0 Å². The number of aliphatic hydroxyl groups is 1. The molecule has 1 aliphatic rings. The summed E-state index contributed by atoms with van der Waals surface area (Å²) in [7, 11) is 0. The molecule has 1 unspecified atom stereocenters. The number of alkyl carbamates (subject to hydrolysis) is 1. The first-order chi connectivity index (χ1) is 7.78. The topological polar surface area (TPSA) is 89.3 Å². The maximum Gasteiger partial charge on any atom is 0.407 e. The average Bonchev–Trinajstić information content (AvgIpc) is 2.86. The molecule has 0 aliphatic carbocycles. The molecule has 1 atom stereocenters. The van der Waals surface area contributed by atoms with Crippen LogP contribution >= 0.6 is 0 Å². The molecule has 88 valence electrons. The second kappa shape index (κ2) is 4.93. The first kappa shape index (κ1) is 10.9. The standard InChI is InChI=1S/C9H14N4O3/c14-3-1-2-7-5-13(12-11-7)6-8-4-10-9(15)16-8/h5,8,14H,1-4,6H2,(H,10,15). The molecule has 1 amide bonds. The van der Waals surface area contributed by atoms with Crippen molar-refractivity contribution in [1.29, 1.82) is 0 Å². The van der Waals surface area contributed by atoms with Crippen LogP contribution < -0.4 is 5.32 Å². The Hall–Kier alpha value is -1.63. The summed E-state index contributed by atoms with van der Waals surface area (Å²) in [5.74, 6) is 0. The number of aliphatic hydroxyl groups excluding tert-OH is 1. The highest BCUT2D eigenvalue weighted by Crippen LogP contribution is 2.04. The van der Waals surface area contributed by atoms with Crippen molar-refractivity contribution in [3.63, 3.8) is 0 Å². The Kier molecular flexibility index (Phi) is 3.35. The van der Waals surface area contributed by atoms with E-state index in [0.717, 1.165) is 5.69 Å². The van der Waals surface area contributed by atoms with Gasteiger partial charge in [0, 0.05) is 12.8 Å². The Morgan fingerprint density at radius 1 is 1.69 bits per heavy atom. The maximum absolute atomic E-state index is 10.8. The van der Waals surface area contributed by atoms with E-state index in [2.05, 4.69) is 15.6 Å². The molecule has 1 aromatic heterocycles. The van der Waals surface area contributed by atoms with Crippen molar-refractivity contribution in [2.75, 3.05) is 13.2 Å². The van der Waals surface area contributed by atoms with Gasteiger partial charge in [0.1, 0.15) is 6.10 Å². The first-order valence-electron chi connectivity index (χ1n) is 5.22. The molecule has 0 aromatic carbocycles. The van der Waals surface area contributed by atoms with Crippen LogP contribution in [0.4, 0.5) is 4.79 Å². The van der Waals surface area contributed by atoms with Crippen LogP contribution in [0.2, 0.25) is 0 Å². The summed E-state index contributed by atoms with van der Waals surface area (Å²) in [5, 5.41) is 19.1. The smallest absolute Gasteiger partial charge is 0.407 e. The first-order valence-corrected chi connectivity index (χ1v) is 5.22. The molecule has 2 N–H and O–H groups in total. The Labute approximate surface area is 92.4 Å². The molecule has 7 heteroatoms. The molecule has 0 bridgehead atoms. The molecule has 1 fully saturated rings. The maximum atomic E-state index is 10.8. The molecule has 1 aliphatic heterocycles. The third-order valence-corrected chi connectivity index (χ3v) is 2.32. The van der Waals surface area contributed by atoms with Gasteiger partial charge in [0.25, 0.3) is 0 Å². The lowest BCUT2D eigenvalue weighted by Gasteiger charge is -2.05. The van der Waals surface area contributed by atoms with Gasteiger partial charge in [-0.15, -0.1) is 5.10 Å². The predicted octanol–water partition coefficient (Wildman–Crippen LogP) is -0.689. The fourth-order valence-corrected chi connectivity index (χ4v) is 1.54. The summed E-state index contributed by atoms with van der Waals surface area (Å²) >= 11 is 0. The van der Waals surface area contributed by atoms with Crippen molar-refractivity contribution < 1.29 is 14.6 Å². The van der Waals surface area contributed by atoms with Gasteiger partial charge >= 0.3 is 6.09 Å². The zero-order valence-electron chi connectivity index (χ0n) is 8.80. The van der Waals surface area contributed by atoms with E-state index in [0.29, 0.717) is 25.9 Å². The van der Waals surface area contributed by atoms with E-state index in [1.165, 1.54) is 0 Å². The lowest BCUT2D eigenvalue weighted by molar-refractivity contribution is 0.128. The van der Waals surface area contributed by atoms with Gasteiger partial charge in [-0.05, 0) is 12.8 Å². The lowest BCUT2D eigenvalue weighted by atomic mass is 10.2. The largest absolute Gasteiger partial charge is 0.442 e. The Morgan fingerprint density at radius 2 is 2.56 bits per heavy atom. The molecular formula is C9H14N4O3. The Bertz CT molecular complexity index is 365. The third kappa shape index (κ3) is 2.69. The molecule has 2 heterocycles. The number of aryl methyl sites for hydroxylation is 1. The van der Waals surface area contributed by atoms with E-state index in [9.17, 15) is 4.79 Å². The van der Waals surface area contributed by atoms with Crippen molar-refractivity contribution in [2.24, 2.45) is 0 Å². The van der Waals surface area contributed by atoms with Crippen LogP contribution in [0.1, 0.15) is 12.1 Å². The van der Waals surface area contributed by atoms with Gasteiger partial charge in [-0.2, -0.15) is 0 Å². The highest BCUT2D eigenvalue weighted by atomic mass is 16.6. The summed E-state index contributed by atoms with van der Waals surface area (Å²) in [6.45, 7) is 1.16. The van der Waals surface area contributed by atoms with Gasteiger partial charge in [0.15, 0.2) is 0 Å². The number of hydrogen-bond donors (Lipinski definition) is 2.